The number of nitriles is 1. The lowest BCUT2D eigenvalue weighted by Crippen LogP contribution is -2.07. The van der Waals surface area contributed by atoms with Gasteiger partial charge >= 0.3 is 0 Å². The summed E-state index contributed by atoms with van der Waals surface area (Å²) < 4.78 is 1.61. The molecule has 0 radical (unpaired) electrons. The SMILES string of the molecule is CC(=O)Nc1cccc(-n2nnc(C#N)c2-c2ccc(C)cc2)c1. The number of hydrogen-bond donors (Lipinski definition) is 1. The molecule has 0 aliphatic heterocycles. The Hall–Kier alpha value is -3.46. The minimum absolute atomic E-state index is 0.151. The van der Waals surface area contributed by atoms with Crippen LogP contribution >= 0.6 is 0 Å². The zero-order valence-electron chi connectivity index (χ0n) is 13.3. The van der Waals surface area contributed by atoms with Gasteiger partial charge in [0.1, 0.15) is 11.8 Å². The molecule has 0 atom stereocenters. The maximum absolute atomic E-state index is 11.2. The fourth-order valence-electron chi connectivity index (χ4n) is 2.43. The van der Waals surface area contributed by atoms with E-state index in [1.54, 1.807) is 16.8 Å². The van der Waals surface area contributed by atoms with E-state index >= 15 is 0 Å². The van der Waals surface area contributed by atoms with Gasteiger partial charge < -0.3 is 5.32 Å². The lowest BCUT2D eigenvalue weighted by molar-refractivity contribution is -0.114. The average Bonchev–Trinajstić information content (AvgIpc) is 2.99. The van der Waals surface area contributed by atoms with Crippen LogP contribution in [0.4, 0.5) is 5.69 Å². The van der Waals surface area contributed by atoms with Gasteiger partial charge in [0.25, 0.3) is 0 Å². The van der Waals surface area contributed by atoms with Crippen LogP contribution in [-0.4, -0.2) is 20.9 Å². The first-order chi connectivity index (χ1) is 11.6. The maximum Gasteiger partial charge on any atom is 0.221 e. The number of amides is 1. The summed E-state index contributed by atoms with van der Waals surface area (Å²) in [6.45, 7) is 3.45. The molecule has 1 amide bonds. The first-order valence-electron chi connectivity index (χ1n) is 7.39. The summed E-state index contributed by atoms with van der Waals surface area (Å²) in [6.07, 6.45) is 0. The summed E-state index contributed by atoms with van der Waals surface area (Å²) in [4.78, 5) is 11.2. The van der Waals surface area contributed by atoms with E-state index in [9.17, 15) is 10.1 Å². The molecule has 0 fully saturated rings. The normalized spacial score (nSPS) is 10.2. The Labute approximate surface area is 139 Å². The minimum Gasteiger partial charge on any atom is -0.326 e. The third-order valence-electron chi connectivity index (χ3n) is 3.51. The van der Waals surface area contributed by atoms with Gasteiger partial charge in [0.05, 0.1) is 5.69 Å². The van der Waals surface area contributed by atoms with Crippen LogP contribution in [0.25, 0.3) is 16.9 Å². The number of carbonyl (C=O) groups is 1. The van der Waals surface area contributed by atoms with Crippen LogP contribution in [-0.2, 0) is 4.79 Å². The van der Waals surface area contributed by atoms with Crippen molar-refractivity contribution >= 4 is 11.6 Å². The lowest BCUT2D eigenvalue weighted by atomic mass is 10.1. The third-order valence-corrected chi connectivity index (χ3v) is 3.51. The summed E-state index contributed by atoms with van der Waals surface area (Å²) >= 11 is 0. The van der Waals surface area contributed by atoms with E-state index in [1.165, 1.54) is 6.92 Å². The van der Waals surface area contributed by atoms with Crippen molar-refractivity contribution in [3.05, 3.63) is 59.8 Å². The molecule has 1 N–H and O–H groups in total. The summed E-state index contributed by atoms with van der Waals surface area (Å²) in [6, 6.07) is 17.1. The van der Waals surface area contributed by atoms with Gasteiger partial charge in [-0.3, -0.25) is 4.79 Å². The number of aryl methyl sites for hydroxylation is 1. The van der Waals surface area contributed by atoms with E-state index in [0.717, 1.165) is 11.1 Å². The largest absolute Gasteiger partial charge is 0.326 e. The molecule has 118 valence electrons. The van der Waals surface area contributed by atoms with E-state index in [0.29, 0.717) is 17.1 Å². The quantitative estimate of drug-likeness (QED) is 0.804. The van der Waals surface area contributed by atoms with Crippen LogP contribution in [0.3, 0.4) is 0 Å². The third kappa shape index (κ3) is 3.01. The fourth-order valence-corrected chi connectivity index (χ4v) is 2.43. The predicted molar refractivity (Wildman–Crippen MR) is 90.6 cm³/mol. The van der Waals surface area contributed by atoms with E-state index < -0.39 is 0 Å². The second-order valence-electron chi connectivity index (χ2n) is 5.41. The highest BCUT2D eigenvalue weighted by atomic mass is 16.1. The lowest BCUT2D eigenvalue weighted by Gasteiger charge is -2.09. The standard InChI is InChI=1S/C18H15N5O/c1-12-6-8-14(9-7-12)18-17(11-19)21-22-23(18)16-5-3-4-15(10-16)20-13(2)24/h3-10H,1-2H3,(H,20,24). The zero-order chi connectivity index (χ0) is 17.1. The molecule has 1 heterocycles. The molecule has 0 spiro atoms. The number of anilines is 1. The Morgan fingerprint density at radius 2 is 1.96 bits per heavy atom. The van der Waals surface area contributed by atoms with Crippen LogP contribution < -0.4 is 5.32 Å². The molecule has 0 saturated carbocycles. The molecular formula is C18H15N5O. The molecule has 0 unspecified atom stereocenters. The van der Waals surface area contributed by atoms with Gasteiger partial charge in [0.15, 0.2) is 5.69 Å². The van der Waals surface area contributed by atoms with Gasteiger partial charge in [-0.25, -0.2) is 4.68 Å². The number of aromatic nitrogens is 3. The van der Waals surface area contributed by atoms with Gasteiger partial charge in [-0.2, -0.15) is 5.26 Å². The van der Waals surface area contributed by atoms with E-state index in [2.05, 4.69) is 21.7 Å². The van der Waals surface area contributed by atoms with Crippen LogP contribution in [0, 0.1) is 18.3 Å². The second kappa shape index (κ2) is 6.34. The van der Waals surface area contributed by atoms with Crippen molar-refractivity contribution in [2.45, 2.75) is 13.8 Å². The molecular weight excluding hydrogens is 302 g/mol. The molecule has 0 aliphatic rings. The van der Waals surface area contributed by atoms with E-state index in [1.807, 2.05) is 43.3 Å². The first kappa shape index (κ1) is 15.4. The average molecular weight is 317 g/mol. The van der Waals surface area contributed by atoms with Crippen LogP contribution in [0.2, 0.25) is 0 Å². The van der Waals surface area contributed by atoms with Gasteiger partial charge in [0.2, 0.25) is 5.91 Å². The summed E-state index contributed by atoms with van der Waals surface area (Å²) in [5.74, 6) is -0.151. The van der Waals surface area contributed by atoms with E-state index in [-0.39, 0.29) is 11.6 Å². The fraction of sp³-hybridized carbons (Fsp3) is 0.111. The molecule has 0 saturated heterocycles. The van der Waals surface area contributed by atoms with Crippen molar-refractivity contribution in [3.8, 4) is 23.0 Å². The number of carbonyl (C=O) groups excluding carboxylic acids is 1. The molecule has 2 aromatic carbocycles. The van der Waals surface area contributed by atoms with Crippen LogP contribution in [0.1, 0.15) is 18.2 Å². The highest BCUT2D eigenvalue weighted by Gasteiger charge is 2.16. The summed E-state index contributed by atoms with van der Waals surface area (Å²) in [7, 11) is 0. The highest BCUT2D eigenvalue weighted by molar-refractivity contribution is 5.89. The molecule has 24 heavy (non-hydrogen) atoms. The molecule has 0 aliphatic carbocycles. The van der Waals surface area contributed by atoms with Crippen molar-refractivity contribution in [3.63, 3.8) is 0 Å². The summed E-state index contributed by atoms with van der Waals surface area (Å²) in [5.41, 5.74) is 4.23. The number of nitrogens with one attached hydrogen (secondary N) is 1. The zero-order valence-corrected chi connectivity index (χ0v) is 13.3. The van der Waals surface area contributed by atoms with Gasteiger partial charge in [-0.1, -0.05) is 41.1 Å². The van der Waals surface area contributed by atoms with Gasteiger partial charge in [-0.15, -0.1) is 5.10 Å². The van der Waals surface area contributed by atoms with Crippen molar-refractivity contribution in [2.24, 2.45) is 0 Å². The number of nitrogens with zero attached hydrogens (tertiary/aromatic N) is 4. The molecule has 0 bridgehead atoms. The smallest absolute Gasteiger partial charge is 0.221 e. The number of benzene rings is 2. The minimum atomic E-state index is -0.151. The Morgan fingerprint density at radius 3 is 2.62 bits per heavy atom. The molecule has 6 nitrogen and oxygen atoms in total. The van der Waals surface area contributed by atoms with Crippen molar-refractivity contribution in [1.82, 2.24) is 15.0 Å². The highest BCUT2D eigenvalue weighted by Crippen LogP contribution is 2.26. The predicted octanol–water partition coefficient (Wildman–Crippen LogP) is 3.07. The molecule has 1 aromatic heterocycles. The Balaban J connectivity index is 2.13. The topological polar surface area (TPSA) is 83.6 Å². The van der Waals surface area contributed by atoms with Crippen molar-refractivity contribution in [1.29, 1.82) is 5.26 Å². The van der Waals surface area contributed by atoms with Gasteiger partial charge in [0, 0.05) is 18.2 Å². The van der Waals surface area contributed by atoms with Crippen molar-refractivity contribution in [2.75, 3.05) is 5.32 Å². The Morgan fingerprint density at radius 1 is 1.21 bits per heavy atom. The number of hydrogen-bond acceptors (Lipinski definition) is 4. The molecule has 3 rings (SSSR count). The van der Waals surface area contributed by atoms with Gasteiger partial charge in [-0.05, 0) is 25.1 Å². The molecule has 6 heteroatoms. The van der Waals surface area contributed by atoms with E-state index in [4.69, 9.17) is 0 Å². The number of rotatable bonds is 3. The summed E-state index contributed by atoms with van der Waals surface area (Å²) in [5, 5.41) is 20.2. The second-order valence-corrected chi connectivity index (χ2v) is 5.41. The Bertz CT molecular complexity index is 935. The van der Waals surface area contributed by atoms with Crippen LogP contribution in [0.15, 0.2) is 48.5 Å². The maximum atomic E-state index is 11.2. The van der Waals surface area contributed by atoms with Crippen LogP contribution in [0.5, 0.6) is 0 Å². The monoisotopic (exact) mass is 317 g/mol. The Kier molecular flexibility index (Phi) is 4.08. The molecule has 3 aromatic rings. The van der Waals surface area contributed by atoms with Crippen molar-refractivity contribution < 1.29 is 4.79 Å². The first-order valence-corrected chi connectivity index (χ1v) is 7.39.